The molecular weight excluding hydrogens is 332 g/mol. The molecule has 2 aromatic rings. The van der Waals surface area contributed by atoms with E-state index in [9.17, 15) is 9.59 Å². The van der Waals surface area contributed by atoms with Crippen LogP contribution in [0, 0.1) is 0 Å². The average Bonchev–Trinajstić information content (AvgIpc) is 2.64. The minimum atomic E-state index is -0.183. The maximum atomic E-state index is 12.2. The van der Waals surface area contributed by atoms with Crippen LogP contribution in [0.4, 0.5) is 10.5 Å². The minimum Gasteiger partial charge on any atom is -0.492 e. The van der Waals surface area contributed by atoms with Gasteiger partial charge in [-0.05, 0) is 30.7 Å². The molecule has 0 spiro atoms. The summed E-state index contributed by atoms with van der Waals surface area (Å²) in [7, 11) is 1.74. The number of amides is 3. The zero-order valence-electron chi connectivity index (χ0n) is 15.2. The highest BCUT2D eigenvalue weighted by Crippen LogP contribution is 2.18. The van der Waals surface area contributed by atoms with Crippen molar-refractivity contribution in [1.82, 2.24) is 15.2 Å². The molecule has 2 rings (SSSR count). The van der Waals surface area contributed by atoms with Gasteiger partial charge in [0.25, 0.3) is 0 Å². The molecule has 0 radical (unpaired) electrons. The van der Waals surface area contributed by atoms with E-state index in [1.807, 2.05) is 19.1 Å². The summed E-state index contributed by atoms with van der Waals surface area (Å²) < 4.78 is 5.61. The van der Waals surface area contributed by atoms with Gasteiger partial charge >= 0.3 is 6.03 Å². The van der Waals surface area contributed by atoms with E-state index in [1.54, 1.807) is 48.6 Å². The van der Waals surface area contributed by atoms with Crippen LogP contribution in [0.25, 0.3) is 0 Å². The zero-order chi connectivity index (χ0) is 18.9. The molecule has 1 aromatic carbocycles. The van der Waals surface area contributed by atoms with E-state index in [4.69, 9.17) is 4.74 Å². The number of nitrogens with zero attached hydrogens (tertiary/aromatic N) is 2. The van der Waals surface area contributed by atoms with Crippen molar-refractivity contribution in [1.29, 1.82) is 0 Å². The van der Waals surface area contributed by atoms with Gasteiger partial charge < -0.3 is 20.3 Å². The van der Waals surface area contributed by atoms with Gasteiger partial charge in [0.05, 0.1) is 12.6 Å². The van der Waals surface area contributed by atoms with Crippen LogP contribution in [0.5, 0.6) is 5.75 Å². The second kappa shape index (κ2) is 9.41. The Morgan fingerprint density at radius 3 is 2.77 bits per heavy atom. The van der Waals surface area contributed by atoms with Crippen molar-refractivity contribution >= 4 is 17.6 Å². The SMILES string of the molecule is CC(=O)Nc1cccc(OCCNC(=O)N(C)C(C)c2cccnc2)c1. The smallest absolute Gasteiger partial charge is 0.317 e. The summed E-state index contributed by atoms with van der Waals surface area (Å²) in [6.07, 6.45) is 3.45. The molecule has 1 atom stereocenters. The fraction of sp³-hybridized carbons (Fsp3) is 0.316. The lowest BCUT2D eigenvalue weighted by Crippen LogP contribution is -2.40. The molecule has 0 aliphatic rings. The van der Waals surface area contributed by atoms with Crippen molar-refractivity contribution in [3.63, 3.8) is 0 Å². The summed E-state index contributed by atoms with van der Waals surface area (Å²) >= 11 is 0. The Morgan fingerprint density at radius 2 is 2.08 bits per heavy atom. The molecule has 0 bridgehead atoms. The summed E-state index contributed by atoms with van der Waals surface area (Å²) in [5, 5.41) is 5.52. The van der Waals surface area contributed by atoms with Crippen molar-refractivity contribution in [2.45, 2.75) is 19.9 Å². The summed E-state index contributed by atoms with van der Waals surface area (Å²) in [6, 6.07) is 10.6. The van der Waals surface area contributed by atoms with Crippen LogP contribution in [0.2, 0.25) is 0 Å². The molecule has 0 aliphatic heterocycles. The first-order valence-corrected chi connectivity index (χ1v) is 8.38. The number of aromatic nitrogens is 1. The van der Waals surface area contributed by atoms with Crippen LogP contribution in [-0.2, 0) is 4.79 Å². The molecule has 0 aliphatic carbocycles. The Balaban J connectivity index is 1.77. The number of nitrogens with one attached hydrogen (secondary N) is 2. The van der Waals surface area contributed by atoms with Gasteiger partial charge in [-0.3, -0.25) is 9.78 Å². The molecule has 138 valence electrons. The topological polar surface area (TPSA) is 83.6 Å². The van der Waals surface area contributed by atoms with Crippen LogP contribution in [0.3, 0.4) is 0 Å². The van der Waals surface area contributed by atoms with Crippen LogP contribution >= 0.6 is 0 Å². The third kappa shape index (κ3) is 5.77. The normalized spacial score (nSPS) is 11.3. The number of ether oxygens (including phenoxy) is 1. The first-order valence-electron chi connectivity index (χ1n) is 8.38. The molecule has 0 saturated carbocycles. The van der Waals surface area contributed by atoms with E-state index in [0.717, 1.165) is 5.56 Å². The first kappa shape index (κ1) is 19.2. The Kier molecular flexibility index (Phi) is 6.96. The molecule has 1 aromatic heterocycles. The first-order chi connectivity index (χ1) is 12.5. The Hall–Kier alpha value is -3.09. The van der Waals surface area contributed by atoms with E-state index in [0.29, 0.717) is 24.6 Å². The highest BCUT2D eigenvalue weighted by Gasteiger charge is 2.16. The molecule has 7 heteroatoms. The highest BCUT2D eigenvalue weighted by atomic mass is 16.5. The molecule has 26 heavy (non-hydrogen) atoms. The van der Waals surface area contributed by atoms with Gasteiger partial charge in [-0.15, -0.1) is 0 Å². The quantitative estimate of drug-likeness (QED) is 0.747. The van der Waals surface area contributed by atoms with Gasteiger partial charge in [0.1, 0.15) is 12.4 Å². The van der Waals surface area contributed by atoms with Crippen LogP contribution in [0.1, 0.15) is 25.5 Å². The van der Waals surface area contributed by atoms with E-state index in [-0.39, 0.29) is 18.0 Å². The standard InChI is InChI=1S/C19H24N4O3/c1-14(16-6-5-9-20-13-16)23(3)19(25)21-10-11-26-18-8-4-7-17(12-18)22-15(2)24/h4-9,12-14H,10-11H2,1-3H3,(H,21,25)(H,22,24). The van der Waals surface area contributed by atoms with Crippen molar-refractivity contribution in [3.05, 3.63) is 54.4 Å². The van der Waals surface area contributed by atoms with Crippen molar-refractivity contribution in [2.75, 3.05) is 25.5 Å². The molecule has 0 saturated heterocycles. The average molecular weight is 356 g/mol. The number of rotatable bonds is 7. The number of pyridine rings is 1. The fourth-order valence-electron chi connectivity index (χ4n) is 2.34. The summed E-state index contributed by atoms with van der Waals surface area (Å²) in [4.78, 5) is 29.0. The van der Waals surface area contributed by atoms with Crippen molar-refractivity contribution in [2.24, 2.45) is 0 Å². The number of anilines is 1. The third-order valence-corrected chi connectivity index (χ3v) is 3.87. The van der Waals surface area contributed by atoms with E-state index < -0.39 is 0 Å². The molecule has 7 nitrogen and oxygen atoms in total. The van der Waals surface area contributed by atoms with Crippen LogP contribution < -0.4 is 15.4 Å². The van der Waals surface area contributed by atoms with E-state index >= 15 is 0 Å². The number of carbonyl (C=O) groups excluding carboxylic acids is 2. The second-order valence-corrected chi connectivity index (χ2v) is 5.86. The molecule has 1 heterocycles. The van der Waals surface area contributed by atoms with Gasteiger partial charge in [0.2, 0.25) is 5.91 Å². The van der Waals surface area contributed by atoms with E-state index in [2.05, 4.69) is 15.6 Å². The maximum Gasteiger partial charge on any atom is 0.317 e. The van der Waals surface area contributed by atoms with Gasteiger partial charge in [-0.2, -0.15) is 0 Å². The lowest BCUT2D eigenvalue weighted by atomic mass is 10.1. The largest absolute Gasteiger partial charge is 0.492 e. The monoisotopic (exact) mass is 356 g/mol. The summed E-state index contributed by atoms with van der Waals surface area (Å²) in [5.41, 5.74) is 1.64. The lowest BCUT2D eigenvalue weighted by molar-refractivity contribution is -0.114. The van der Waals surface area contributed by atoms with Gasteiger partial charge in [-0.25, -0.2) is 4.79 Å². The maximum absolute atomic E-state index is 12.2. The predicted molar refractivity (Wildman–Crippen MR) is 100 cm³/mol. The second-order valence-electron chi connectivity index (χ2n) is 5.86. The third-order valence-electron chi connectivity index (χ3n) is 3.87. The predicted octanol–water partition coefficient (Wildman–Crippen LogP) is 2.82. The lowest BCUT2D eigenvalue weighted by Gasteiger charge is -2.25. The number of hydrogen-bond donors (Lipinski definition) is 2. The van der Waals surface area contributed by atoms with Crippen molar-refractivity contribution < 1.29 is 14.3 Å². The number of benzene rings is 1. The molecular formula is C19H24N4O3. The number of carbonyl (C=O) groups is 2. The molecule has 0 fully saturated rings. The fourth-order valence-corrected chi connectivity index (χ4v) is 2.34. The van der Waals surface area contributed by atoms with E-state index in [1.165, 1.54) is 6.92 Å². The Labute approximate surface area is 153 Å². The van der Waals surface area contributed by atoms with Crippen LogP contribution in [-0.4, -0.2) is 42.0 Å². The molecule has 2 N–H and O–H groups in total. The summed E-state index contributed by atoms with van der Waals surface area (Å²) in [5.74, 6) is 0.489. The minimum absolute atomic E-state index is 0.0843. The number of hydrogen-bond acceptors (Lipinski definition) is 4. The van der Waals surface area contributed by atoms with Crippen LogP contribution in [0.15, 0.2) is 48.8 Å². The van der Waals surface area contributed by atoms with Gasteiger partial charge in [-0.1, -0.05) is 12.1 Å². The highest BCUT2D eigenvalue weighted by molar-refractivity contribution is 5.88. The van der Waals surface area contributed by atoms with Gasteiger partial charge in [0.15, 0.2) is 0 Å². The molecule has 3 amide bonds. The number of urea groups is 1. The summed E-state index contributed by atoms with van der Waals surface area (Å²) in [6.45, 7) is 4.09. The van der Waals surface area contributed by atoms with Crippen molar-refractivity contribution in [3.8, 4) is 5.75 Å². The molecule has 1 unspecified atom stereocenters. The Morgan fingerprint density at radius 1 is 1.27 bits per heavy atom. The zero-order valence-corrected chi connectivity index (χ0v) is 15.2. The Bertz CT molecular complexity index is 737. The van der Waals surface area contributed by atoms with Gasteiger partial charge in [0, 0.05) is 38.1 Å².